The zero-order valence-corrected chi connectivity index (χ0v) is 16.7. The third-order valence-electron chi connectivity index (χ3n) is 3.19. The summed E-state index contributed by atoms with van der Waals surface area (Å²) in [7, 11) is 1.57. The van der Waals surface area contributed by atoms with Gasteiger partial charge >= 0.3 is 0 Å². The SMILES string of the molecule is COc1ccc(OCC(=O)N/N=C/c2cc(Br)cc(C)c2O)c(Br)c1. The molecule has 0 radical (unpaired) electrons. The lowest BCUT2D eigenvalue weighted by Gasteiger charge is -2.08. The van der Waals surface area contributed by atoms with Crippen LogP contribution < -0.4 is 14.9 Å². The second-order valence-corrected chi connectivity index (χ2v) is 6.81. The first-order valence-electron chi connectivity index (χ1n) is 7.18. The Morgan fingerprint density at radius 2 is 2.08 bits per heavy atom. The normalized spacial score (nSPS) is 10.7. The summed E-state index contributed by atoms with van der Waals surface area (Å²) in [5, 5.41) is 13.8. The lowest BCUT2D eigenvalue weighted by molar-refractivity contribution is -0.123. The molecule has 0 unspecified atom stereocenters. The van der Waals surface area contributed by atoms with Crippen LogP contribution in [0, 0.1) is 6.92 Å². The fraction of sp³-hybridized carbons (Fsp3) is 0.176. The van der Waals surface area contributed by atoms with E-state index in [1.807, 2.05) is 0 Å². The van der Waals surface area contributed by atoms with Crippen molar-refractivity contribution < 1.29 is 19.4 Å². The van der Waals surface area contributed by atoms with Gasteiger partial charge in [-0.25, -0.2) is 5.43 Å². The van der Waals surface area contributed by atoms with Crippen molar-refractivity contribution in [3.8, 4) is 17.2 Å². The molecule has 132 valence electrons. The van der Waals surface area contributed by atoms with Crippen LogP contribution in [0.4, 0.5) is 0 Å². The summed E-state index contributed by atoms with van der Waals surface area (Å²) in [5.74, 6) is 0.877. The maximum absolute atomic E-state index is 11.8. The highest BCUT2D eigenvalue weighted by atomic mass is 79.9. The van der Waals surface area contributed by atoms with E-state index >= 15 is 0 Å². The zero-order valence-electron chi connectivity index (χ0n) is 13.5. The fourth-order valence-corrected chi connectivity index (χ4v) is 3.00. The molecule has 6 nitrogen and oxygen atoms in total. The Morgan fingerprint density at radius 3 is 2.76 bits per heavy atom. The molecule has 25 heavy (non-hydrogen) atoms. The van der Waals surface area contributed by atoms with Crippen LogP contribution in [-0.2, 0) is 4.79 Å². The topological polar surface area (TPSA) is 80.2 Å². The summed E-state index contributed by atoms with van der Waals surface area (Å²) < 4.78 is 12.0. The van der Waals surface area contributed by atoms with Crippen LogP contribution in [-0.4, -0.2) is 30.9 Å². The van der Waals surface area contributed by atoms with Gasteiger partial charge < -0.3 is 14.6 Å². The number of rotatable bonds is 6. The molecule has 2 aromatic rings. The first-order valence-corrected chi connectivity index (χ1v) is 8.76. The maximum atomic E-state index is 11.8. The Morgan fingerprint density at radius 1 is 1.32 bits per heavy atom. The molecule has 0 saturated heterocycles. The van der Waals surface area contributed by atoms with Crippen molar-refractivity contribution in [3.05, 3.63) is 50.4 Å². The second-order valence-electron chi connectivity index (χ2n) is 5.04. The lowest BCUT2D eigenvalue weighted by atomic mass is 10.1. The van der Waals surface area contributed by atoms with Crippen molar-refractivity contribution in [2.75, 3.05) is 13.7 Å². The molecular formula is C17H16Br2N2O4. The molecule has 2 N–H and O–H groups in total. The second kappa shape index (κ2) is 8.87. The van der Waals surface area contributed by atoms with E-state index in [1.54, 1.807) is 44.4 Å². The Balaban J connectivity index is 1.91. The minimum absolute atomic E-state index is 0.111. The van der Waals surface area contributed by atoms with Gasteiger partial charge in [0, 0.05) is 10.0 Å². The highest BCUT2D eigenvalue weighted by Crippen LogP contribution is 2.29. The van der Waals surface area contributed by atoms with E-state index in [0.29, 0.717) is 27.1 Å². The van der Waals surface area contributed by atoms with Crippen LogP contribution in [0.1, 0.15) is 11.1 Å². The average Bonchev–Trinajstić information content (AvgIpc) is 2.57. The third-order valence-corrected chi connectivity index (χ3v) is 4.26. The van der Waals surface area contributed by atoms with Crippen molar-refractivity contribution >= 4 is 44.0 Å². The molecule has 0 heterocycles. The van der Waals surface area contributed by atoms with Gasteiger partial charge in [-0.15, -0.1) is 0 Å². The molecule has 2 rings (SSSR count). The number of aromatic hydroxyl groups is 1. The van der Waals surface area contributed by atoms with Gasteiger partial charge in [0.1, 0.15) is 17.2 Å². The van der Waals surface area contributed by atoms with Gasteiger partial charge in [-0.1, -0.05) is 15.9 Å². The van der Waals surface area contributed by atoms with Gasteiger partial charge in [0.05, 0.1) is 17.8 Å². The summed E-state index contributed by atoms with van der Waals surface area (Å²) >= 11 is 6.69. The van der Waals surface area contributed by atoms with Crippen LogP contribution in [0.25, 0.3) is 0 Å². The van der Waals surface area contributed by atoms with Crippen LogP contribution in [0.15, 0.2) is 44.4 Å². The largest absolute Gasteiger partial charge is 0.507 e. The predicted molar refractivity (Wildman–Crippen MR) is 102 cm³/mol. The number of methoxy groups -OCH3 is 1. The third kappa shape index (κ3) is 5.47. The highest BCUT2D eigenvalue weighted by molar-refractivity contribution is 9.10. The van der Waals surface area contributed by atoms with Gasteiger partial charge in [-0.2, -0.15) is 5.10 Å². The van der Waals surface area contributed by atoms with Crippen molar-refractivity contribution in [1.82, 2.24) is 5.43 Å². The number of benzene rings is 2. The van der Waals surface area contributed by atoms with Gasteiger partial charge in [0.25, 0.3) is 5.91 Å². The van der Waals surface area contributed by atoms with Crippen LogP contribution in [0.5, 0.6) is 17.2 Å². The summed E-state index contributed by atoms with van der Waals surface area (Å²) in [6.07, 6.45) is 1.37. The minimum atomic E-state index is -0.426. The summed E-state index contributed by atoms with van der Waals surface area (Å²) in [6, 6.07) is 8.65. The first-order chi connectivity index (χ1) is 11.9. The molecule has 0 aromatic heterocycles. The monoisotopic (exact) mass is 470 g/mol. The Bertz CT molecular complexity index is 809. The standard InChI is InChI=1S/C17H16Br2N2O4/c1-10-5-12(18)6-11(17(10)23)8-20-21-16(22)9-25-15-4-3-13(24-2)7-14(15)19/h3-8,23H,9H2,1-2H3,(H,21,22)/b20-8+. The number of halogens is 2. The molecule has 0 aliphatic carbocycles. The molecule has 8 heteroatoms. The maximum Gasteiger partial charge on any atom is 0.277 e. The van der Waals surface area contributed by atoms with Crippen LogP contribution >= 0.6 is 31.9 Å². The van der Waals surface area contributed by atoms with E-state index in [2.05, 4.69) is 42.4 Å². The van der Waals surface area contributed by atoms with Crippen molar-refractivity contribution in [1.29, 1.82) is 0 Å². The number of hydrazone groups is 1. The fourth-order valence-electron chi connectivity index (χ4n) is 1.93. The smallest absolute Gasteiger partial charge is 0.277 e. The van der Waals surface area contributed by atoms with Gasteiger partial charge in [0.15, 0.2) is 6.61 Å². The summed E-state index contributed by atoms with van der Waals surface area (Å²) in [4.78, 5) is 11.8. The Labute approximate surface area is 162 Å². The van der Waals surface area contributed by atoms with E-state index in [4.69, 9.17) is 9.47 Å². The number of nitrogens with one attached hydrogen (secondary N) is 1. The van der Waals surface area contributed by atoms with E-state index in [-0.39, 0.29) is 12.4 Å². The molecule has 0 spiro atoms. The number of hydrogen-bond donors (Lipinski definition) is 2. The quantitative estimate of drug-likeness (QED) is 0.496. The number of carbonyl (C=O) groups excluding carboxylic acids is 1. The first kappa shape index (κ1) is 19.3. The van der Waals surface area contributed by atoms with Crippen molar-refractivity contribution in [2.45, 2.75) is 6.92 Å². The molecule has 0 bridgehead atoms. The van der Waals surface area contributed by atoms with E-state index < -0.39 is 5.91 Å². The summed E-state index contributed by atoms with van der Waals surface area (Å²) in [5.41, 5.74) is 3.54. The van der Waals surface area contributed by atoms with Crippen LogP contribution in [0.2, 0.25) is 0 Å². The van der Waals surface area contributed by atoms with Gasteiger partial charge in [-0.05, 0) is 58.7 Å². The molecule has 0 fully saturated rings. The van der Waals surface area contributed by atoms with E-state index in [0.717, 1.165) is 4.47 Å². The number of aryl methyl sites for hydroxylation is 1. The zero-order chi connectivity index (χ0) is 18.4. The number of phenolic OH excluding ortho intramolecular Hbond substituents is 1. The van der Waals surface area contributed by atoms with Crippen LogP contribution in [0.3, 0.4) is 0 Å². The molecule has 0 aliphatic heterocycles. The molecule has 0 aliphatic rings. The number of carbonyl (C=O) groups is 1. The summed E-state index contributed by atoms with van der Waals surface area (Å²) in [6.45, 7) is 1.57. The predicted octanol–water partition coefficient (Wildman–Crippen LogP) is 3.76. The Hall–Kier alpha value is -2.06. The van der Waals surface area contributed by atoms with Gasteiger partial charge in [-0.3, -0.25) is 4.79 Å². The van der Waals surface area contributed by atoms with Gasteiger partial charge in [0.2, 0.25) is 0 Å². The minimum Gasteiger partial charge on any atom is -0.507 e. The van der Waals surface area contributed by atoms with E-state index in [1.165, 1.54) is 6.21 Å². The van der Waals surface area contributed by atoms with Crippen molar-refractivity contribution in [2.24, 2.45) is 5.10 Å². The number of ether oxygens (including phenoxy) is 2. The molecule has 2 aromatic carbocycles. The Kier molecular flexibility index (Phi) is 6.83. The van der Waals surface area contributed by atoms with E-state index in [9.17, 15) is 9.90 Å². The number of phenols is 1. The molecule has 0 saturated carbocycles. The lowest BCUT2D eigenvalue weighted by Crippen LogP contribution is -2.24. The highest BCUT2D eigenvalue weighted by Gasteiger charge is 2.07. The molecular weight excluding hydrogens is 456 g/mol. The average molecular weight is 472 g/mol. The number of amides is 1. The number of hydrogen-bond acceptors (Lipinski definition) is 5. The molecule has 1 amide bonds. The van der Waals surface area contributed by atoms with Crippen molar-refractivity contribution in [3.63, 3.8) is 0 Å². The molecule has 0 atom stereocenters. The number of nitrogens with zero attached hydrogens (tertiary/aromatic N) is 1.